The maximum Gasteiger partial charge on any atom is 0.292 e. The molecule has 3 aromatic rings. The van der Waals surface area contributed by atoms with Crippen molar-refractivity contribution in [2.75, 3.05) is 13.1 Å². The third kappa shape index (κ3) is 3.53. The molecule has 0 atom stereocenters. The molecule has 1 aliphatic carbocycles. The molecule has 0 bridgehead atoms. The van der Waals surface area contributed by atoms with Crippen LogP contribution in [0.4, 0.5) is 0 Å². The fraction of sp³-hybridized carbons (Fsp3) is 0.500. The Hall–Kier alpha value is -3.30. The van der Waals surface area contributed by atoms with E-state index in [-0.39, 0.29) is 17.4 Å². The van der Waals surface area contributed by atoms with Crippen LogP contribution in [0.15, 0.2) is 34.1 Å². The van der Waals surface area contributed by atoms with Crippen LogP contribution in [0.5, 0.6) is 0 Å². The molecule has 0 aromatic carbocycles. The minimum Gasteiger partial charge on any atom is -0.350 e. The Morgan fingerprint density at radius 1 is 1.17 bits per heavy atom. The molecule has 5 rings (SSSR count). The Balaban J connectivity index is 1.24. The van der Waals surface area contributed by atoms with E-state index in [0.29, 0.717) is 31.2 Å². The molecule has 2 aliphatic rings. The van der Waals surface area contributed by atoms with E-state index in [4.69, 9.17) is 4.52 Å². The van der Waals surface area contributed by atoms with Gasteiger partial charge in [0.25, 0.3) is 11.5 Å². The number of hydrogen-bond donors (Lipinski definition) is 0. The molecule has 0 unspecified atom stereocenters. The smallest absolute Gasteiger partial charge is 0.292 e. The lowest BCUT2D eigenvalue weighted by Crippen LogP contribution is -2.40. The van der Waals surface area contributed by atoms with E-state index in [0.717, 1.165) is 49.8 Å². The minimum absolute atomic E-state index is 0.0624. The van der Waals surface area contributed by atoms with Gasteiger partial charge in [-0.15, -0.1) is 5.10 Å². The number of likely N-dealkylation sites (tertiary alicyclic amines) is 1. The maximum absolute atomic E-state index is 12.9. The summed E-state index contributed by atoms with van der Waals surface area (Å²) in [6, 6.07) is 3.13. The standard InChI is InChI=1S/C20H23N7O3/c28-18-6-5-17(27-13-21-12-22-27)23-26(18)11-14-7-9-25(10-8-14)20(29)19-15-3-1-2-4-16(15)24-30-19/h5-6,12-14H,1-4,7-11H2. The fourth-order valence-corrected chi connectivity index (χ4v) is 4.28. The van der Waals surface area contributed by atoms with Gasteiger partial charge in [0.15, 0.2) is 5.82 Å². The molecular formula is C20H23N7O3. The molecule has 0 saturated carbocycles. The molecule has 0 spiro atoms. The quantitative estimate of drug-likeness (QED) is 0.637. The average molecular weight is 409 g/mol. The Kier molecular flexibility index (Phi) is 4.89. The van der Waals surface area contributed by atoms with Crippen LogP contribution in [0.25, 0.3) is 5.82 Å². The van der Waals surface area contributed by atoms with Crippen LogP contribution in [0, 0.1) is 5.92 Å². The molecule has 4 heterocycles. The van der Waals surface area contributed by atoms with Crippen molar-refractivity contribution in [3.63, 3.8) is 0 Å². The lowest BCUT2D eigenvalue weighted by molar-refractivity contribution is 0.0637. The van der Waals surface area contributed by atoms with Gasteiger partial charge >= 0.3 is 0 Å². The minimum atomic E-state index is -0.148. The number of carbonyl (C=O) groups is 1. The van der Waals surface area contributed by atoms with Gasteiger partial charge in [0.05, 0.1) is 5.69 Å². The summed E-state index contributed by atoms with van der Waals surface area (Å²) in [4.78, 5) is 30.9. The van der Waals surface area contributed by atoms with Gasteiger partial charge in [0.1, 0.15) is 12.7 Å². The zero-order valence-electron chi connectivity index (χ0n) is 16.6. The van der Waals surface area contributed by atoms with E-state index in [1.165, 1.54) is 21.8 Å². The summed E-state index contributed by atoms with van der Waals surface area (Å²) in [7, 11) is 0. The first-order valence-corrected chi connectivity index (χ1v) is 10.4. The van der Waals surface area contributed by atoms with Crippen LogP contribution in [0.1, 0.15) is 47.5 Å². The number of aromatic nitrogens is 6. The first-order chi connectivity index (χ1) is 14.7. The summed E-state index contributed by atoms with van der Waals surface area (Å²) in [5, 5.41) is 12.6. The second-order valence-corrected chi connectivity index (χ2v) is 7.93. The van der Waals surface area contributed by atoms with Crippen molar-refractivity contribution >= 4 is 5.91 Å². The number of amides is 1. The van der Waals surface area contributed by atoms with Crippen molar-refractivity contribution in [2.45, 2.75) is 45.1 Å². The van der Waals surface area contributed by atoms with Crippen LogP contribution in [0.3, 0.4) is 0 Å². The van der Waals surface area contributed by atoms with Crippen molar-refractivity contribution in [1.29, 1.82) is 0 Å². The molecular weight excluding hydrogens is 386 g/mol. The van der Waals surface area contributed by atoms with Gasteiger partial charge < -0.3 is 9.42 Å². The van der Waals surface area contributed by atoms with Gasteiger partial charge in [-0.2, -0.15) is 5.10 Å². The summed E-state index contributed by atoms with van der Waals surface area (Å²) >= 11 is 0. The number of carbonyl (C=O) groups excluding carboxylic acids is 1. The molecule has 0 radical (unpaired) electrons. The van der Waals surface area contributed by atoms with Gasteiger partial charge in [0, 0.05) is 31.3 Å². The highest BCUT2D eigenvalue weighted by Crippen LogP contribution is 2.27. The van der Waals surface area contributed by atoms with Gasteiger partial charge in [-0.25, -0.2) is 14.3 Å². The largest absolute Gasteiger partial charge is 0.350 e. The number of rotatable bonds is 4. The Labute approximate surface area is 172 Å². The number of nitrogens with zero attached hydrogens (tertiary/aromatic N) is 7. The van der Waals surface area contributed by atoms with Crippen LogP contribution < -0.4 is 5.56 Å². The molecule has 30 heavy (non-hydrogen) atoms. The Bertz CT molecular complexity index is 1090. The number of fused-ring (bicyclic) bond motifs is 1. The van der Waals surface area contributed by atoms with E-state index < -0.39 is 0 Å². The molecule has 156 valence electrons. The fourth-order valence-electron chi connectivity index (χ4n) is 4.28. The summed E-state index contributed by atoms with van der Waals surface area (Å²) in [6.45, 7) is 1.79. The zero-order chi connectivity index (χ0) is 20.5. The third-order valence-corrected chi connectivity index (χ3v) is 5.99. The molecule has 1 amide bonds. The van der Waals surface area contributed by atoms with Crippen molar-refractivity contribution < 1.29 is 9.32 Å². The monoisotopic (exact) mass is 409 g/mol. The van der Waals surface area contributed by atoms with Crippen LogP contribution in [-0.4, -0.2) is 53.6 Å². The summed E-state index contributed by atoms with van der Waals surface area (Å²) in [5.74, 6) is 1.18. The Morgan fingerprint density at radius 2 is 2.00 bits per heavy atom. The molecule has 10 heteroatoms. The topological polar surface area (TPSA) is 112 Å². The average Bonchev–Trinajstić information content (AvgIpc) is 3.46. The predicted molar refractivity (Wildman–Crippen MR) is 105 cm³/mol. The van der Waals surface area contributed by atoms with Gasteiger partial charge in [-0.3, -0.25) is 9.59 Å². The highest BCUT2D eigenvalue weighted by atomic mass is 16.5. The van der Waals surface area contributed by atoms with E-state index in [1.54, 1.807) is 12.4 Å². The molecule has 1 saturated heterocycles. The van der Waals surface area contributed by atoms with Crippen molar-refractivity contribution in [1.82, 2.24) is 34.6 Å². The third-order valence-electron chi connectivity index (χ3n) is 5.99. The molecule has 3 aromatic heterocycles. The van der Waals surface area contributed by atoms with Crippen LogP contribution in [-0.2, 0) is 19.4 Å². The first kappa shape index (κ1) is 18.7. The van der Waals surface area contributed by atoms with Crippen LogP contribution >= 0.6 is 0 Å². The molecule has 10 nitrogen and oxygen atoms in total. The van der Waals surface area contributed by atoms with Crippen molar-refractivity contribution in [3.05, 3.63) is 52.2 Å². The lowest BCUT2D eigenvalue weighted by atomic mass is 9.94. The van der Waals surface area contributed by atoms with E-state index >= 15 is 0 Å². The lowest BCUT2D eigenvalue weighted by Gasteiger charge is -2.31. The SMILES string of the molecule is O=C(c1onc2c1CCCC2)N1CCC(Cn2nc(-n3cncn3)ccc2=O)CC1. The number of hydrogen-bond acceptors (Lipinski definition) is 7. The molecule has 1 fully saturated rings. The molecule has 0 N–H and O–H groups in total. The zero-order valence-corrected chi connectivity index (χ0v) is 16.6. The van der Waals surface area contributed by atoms with E-state index in [1.807, 2.05) is 4.90 Å². The van der Waals surface area contributed by atoms with Crippen LogP contribution in [0.2, 0.25) is 0 Å². The van der Waals surface area contributed by atoms with E-state index in [2.05, 4.69) is 20.3 Å². The van der Waals surface area contributed by atoms with Gasteiger partial charge in [-0.1, -0.05) is 5.16 Å². The Morgan fingerprint density at radius 3 is 2.80 bits per heavy atom. The summed E-state index contributed by atoms with van der Waals surface area (Å²) in [5.41, 5.74) is 1.79. The summed E-state index contributed by atoms with van der Waals surface area (Å²) < 4.78 is 8.41. The summed E-state index contributed by atoms with van der Waals surface area (Å²) in [6.07, 6.45) is 8.53. The van der Waals surface area contributed by atoms with Gasteiger partial charge in [0.2, 0.25) is 5.76 Å². The normalized spacial score (nSPS) is 17.1. The van der Waals surface area contributed by atoms with Crippen molar-refractivity contribution in [3.8, 4) is 5.82 Å². The van der Waals surface area contributed by atoms with E-state index in [9.17, 15) is 9.59 Å². The van der Waals surface area contributed by atoms with Crippen molar-refractivity contribution in [2.24, 2.45) is 5.92 Å². The second kappa shape index (κ2) is 7.85. The predicted octanol–water partition coefficient (Wildman–Crippen LogP) is 1.24. The van der Waals surface area contributed by atoms with Gasteiger partial charge in [-0.05, 0) is 50.5 Å². The highest BCUT2D eigenvalue weighted by molar-refractivity contribution is 5.93. The number of piperidine rings is 1. The maximum atomic E-state index is 12.9. The number of aryl methyl sites for hydroxylation is 1. The molecule has 1 aliphatic heterocycles. The highest BCUT2D eigenvalue weighted by Gasteiger charge is 2.30. The second-order valence-electron chi connectivity index (χ2n) is 7.93. The first-order valence-electron chi connectivity index (χ1n) is 10.4.